The average Bonchev–Trinajstić information content (AvgIpc) is 3.43. The number of carboxylic acid groups (broad SMARTS) is 1. The highest BCUT2D eigenvalue weighted by molar-refractivity contribution is 8.00. The molecule has 3 fully saturated rings. The zero-order valence-electron chi connectivity index (χ0n) is 25.9. The number of fused-ring (bicyclic) bond motifs is 2. The molecule has 2 aromatic rings. The van der Waals surface area contributed by atoms with Gasteiger partial charge in [0.2, 0.25) is 0 Å². The van der Waals surface area contributed by atoms with Gasteiger partial charge in [-0.25, -0.2) is 4.98 Å². The number of nitrogens with zero attached hydrogens (tertiary/aromatic N) is 3. The number of halogens is 4. The molecule has 3 saturated heterocycles. The number of benzene rings is 1. The fourth-order valence-electron chi connectivity index (χ4n) is 7.79. The lowest BCUT2D eigenvalue weighted by Gasteiger charge is -2.40. The number of hydrogen-bond acceptors (Lipinski definition) is 8. The van der Waals surface area contributed by atoms with Crippen LogP contribution in [0.25, 0.3) is 0 Å². The van der Waals surface area contributed by atoms with Gasteiger partial charge < -0.3 is 15.2 Å². The summed E-state index contributed by atoms with van der Waals surface area (Å²) in [5.74, 6) is 0.664. The van der Waals surface area contributed by atoms with Crippen molar-refractivity contribution < 1.29 is 32.5 Å². The largest absolute Gasteiger partial charge is 0.522 e. The van der Waals surface area contributed by atoms with E-state index in [9.17, 15) is 27.9 Å². The summed E-state index contributed by atoms with van der Waals surface area (Å²) < 4.78 is 50.2. The Kier molecular flexibility index (Phi) is 9.97. The second-order valence-electron chi connectivity index (χ2n) is 12.9. The van der Waals surface area contributed by atoms with Gasteiger partial charge in [-0.15, -0.1) is 13.2 Å². The predicted molar refractivity (Wildman–Crippen MR) is 169 cm³/mol. The van der Waals surface area contributed by atoms with E-state index in [4.69, 9.17) is 21.3 Å². The highest BCUT2D eigenvalue weighted by Crippen LogP contribution is 2.48. The van der Waals surface area contributed by atoms with E-state index < -0.39 is 24.4 Å². The molecule has 0 saturated carbocycles. The molecule has 2 N–H and O–H groups in total. The first-order valence-corrected chi connectivity index (χ1v) is 17.4. The Bertz CT molecular complexity index is 1500. The molecule has 1 aromatic carbocycles. The van der Waals surface area contributed by atoms with Gasteiger partial charge in [-0.3, -0.25) is 23.8 Å². The molecule has 4 aliphatic rings. The molecule has 0 amide bonds. The SMILES string of the molecule is Cc1nc2c(c(=O)n1CCOc1ccc(Cl)cc1C1CC(C)NC3C(C(=O)O)CSC13)C[C@@H](N1CCC(OC(F)(F)F)CC1)CC2. The number of piperidine rings is 2. The second-order valence-corrected chi connectivity index (χ2v) is 14.6. The number of alkyl halides is 3. The molecule has 14 heteroatoms. The normalized spacial score (nSPS) is 28.9. The Morgan fingerprint density at radius 3 is 2.72 bits per heavy atom. The molecule has 6 rings (SSSR count). The van der Waals surface area contributed by atoms with E-state index in [1.807, 2.05) is 19.1 Å². The van der Waals surface area contributed by atoms with E-state index in [0.717, 1.165) is 24.1 Å². The number of ether oxygens (including phenoxy) is 2. The smallest absolute Gasteiger partial charge is 0.491 e. The first kappa shape index (κ1) is 33.6. The Morgan fingerprint density at radius 2 is 2.00 bits per heavy atom. The lowest BCUT2D eigenvalue weighted by molar-refractivity contribution is -0.346. The Balaban J connectivity index is 1.13. The van der Waals surface area contributed by atoms with Crippen molar-refractivity contribution >= 4 is 29.3 Å². The van der Waals surface area contributed by atoms with Crippen LogP contribution in [0.5, 0.6) is 5.75 Å². The molecule has 0 bridgehead atoms. The van der Waals surface area contributed by atoms with Gasteiger partial charge in [-0.2, -0.15) is 11.8 Å². The highest BCUT2D eigenvalue weighted by atomic mass is 35.5. The van der Waals surface area contributed by atoms with Gasteiger partial charge in [0.05, 0.1) is 24.3 Å². The molecule has 46 heavy (non-hydrogen) atoms. The number of aryl methyl sites for hydroxylation is 2. The first-order chi connectivity index (χ1) is 21.9. The number of hydrogen-bond donors (Lipinski definition) is 2. The third-order valence-corrected chi connectivity index (χ3v) is 11.8. The summed E-state index contributed by atoms with van der Waals surface area (Å²) in [6, 6.07) is 5.60. The highest BCUT2D eigenvalue weighted by Gasteiger charge is 2.49. The number of thioether (sulfide) groups is 1. The Morgan fingerprint density at radius 1 is 1.24 bits per heavy atom. The van der Waals surface area contributed by atoms with Crippen LogP contribution in [0.2, 0.25) is 5.02 Å². The quantitative estimate of drug-likeness (QED) is 0.406. The van der Waals surface area contributed by atoms with Crippen LogP contribution in [0.3, 0.4) is 0 Å². The maximum absolute atomic E-state index is 13.7. The second kappa shape index (κ2) is 13.7. The minimum atomic E-state index is -4.63. The fourth-order valence-corrected chi connectivity index (χ4v) is 9.71. The topological polar surface area (TPSA) is 106 Å². The van der Waals surface area contributed by atoms with E-state index in [-0.39, 0.29) is 41.5 Å². The van der Waals surface area contributed by atoms with Crippen LogP contribution in [-0.2, 0) is 28.9 Å². The van der Waals surface area contributed by atoms with Gasteiger partial charge in [0.25, 0.3) is 5.56 Å². The summed E-state index contributed by atoms with van der Waals surface area (Å²) in [5.41, 5.74) is 2.33. The molecule has 252 valence electrons. The molecule has 6 atom stereocenters. The number of carbonyl (C=O) groups is 1. The number of aliphatic carboxylic acids is 1. The molecule has 1 aliphatic carbocycles. The summed E-state index contributed by atoms with van der Waals surface area (Å²) in [5, 5.41) is 14.0. The van der Waals surface area contributed by atoms with Crippen LogP contribution in [0.1, 0.15) is 61.2 Å². The predicted octanol–water partition coefficient (Wildman–Crippen LogP) is 4.79. The number of nitrogens with one attached hydrogen (secondary N) is 1. The van der Waals surface area contributed by atoms with Crippen LogP contribution in [0, 0.1) is 12.8 Å². The monoisotopic (exact) mass is 684 g/mol. The van der Waals surface area contributed by atoms with E-state index in [2.05, 4.69) is 21.9 Å². The molecule has 0 spiro atoms. The number of likely N-dealkylation sites (tertiary alicyclic amines) is 1. The fraction of sp³-hybridized carbons (Fsp3) is 0.656. The van der Waals surface area contributed by atoms with E-state index in [0.29, 0.717) is 73.2 Å². The van der Waals surface area contributed by atoms with Crippen LogP contribution < -0.4 is 15.6 Å². The molecule has 0 radical (unpaired) electrons. The van der Waals surface area contributed by atoms with Gasteiger partial charge in [-0.1, -0.05) is 11.6 Å². The summed E-state index contributed by atoms with van der Waals surface area (Å²) in [6.45, 7) is 5.41. The van der Waals surface area contributed by atoms with Crippen molar-refractivity contribution in [1.82, 2.24) is 19.8 Å². The molecule has 4 heterocycles. The molecular formula is C32H40ClF3N4O5S. The van der Waals surface area contributed by atoms with Crippen LogP contribution in [0.4, 0.5) is 13.2 Å². The molecule has 3 aliphatic heterocycles. The van der Waals surface area contributed by atoms with Crippen molar-refractivity contribution in [2.24, 2.45) is 5.92 Å². The number of aromatic nitrogens is 2. The summed E-state index contributed by atoms with van der Waals surface area (Å²) in [4.78, 5) is 32.6. The maximum Gasteiger partial charge on any atom is 0.522 e. The van der Waals surface area contributed by atoms with Crippen LogP contribution in [-0.4, -0.2) is 86.8 Å². The summed E-state index contributed by atoms with van der Waals surface area (Å²) >= 11 is 8.14. The zero-order chi connectivity index (χ0) is 32.7. The van der Waals surface area contributed by atoms with Crippen molar-refractivity contribution in [3.05, 3.63) is 56.2 Å². The number of carboxylic acids is 1. The third-order valence-electron chi connectivity index (χ3n) is 9.98. The van der Waals surface area contributed by atoms with Crippen LogP contribution >= 0.6 is 23.4 Å². The molecule has 9 nitrogen and oxygen atoms in total. The van der Waals surface area contributed by atoms with E-state index in [1.54, 1.807) is 22.4 Å². The van der Waals surface area contributed by atoms with Crippen molar-refractivity contribution in [3.63, 3.8) is 0 Å². The van der Waals surface area contributed by atoms with Crippen molar-refractivity contribution in [1.29, 1.82) is 0 Å². The summed E-state index contributed by atoms with van der Waals surface area (Å²) in [6.07, 6.45) is -2.05. The van der Waals surface area contributed by atoms with Crippen LogP contribution in [0.15, 0.2) is 23.0 Å². The number of rotatable bonds is 8. The lowest BCUT2D eigenvalue weighted by atomic mass is 9.79. The lowest BCUT2D eigenvalue weighted by Crippen LogP contribution is -2.53. The summed E-state index contributed by atoms with van der Waals surface area (Å²) in [7, 11) is 0. The zero-order valence-corrected chi connectivity index (χ0v) is 27.5. The van der Waals surface area contributed by atoms with Gasteiger partial charge in [-0.05, 0) is 76.1 Å². The van der Waals surface area contributed by atoms with Crippen molar-refractivity contribution in [2.75, 3.05) is 25.4 Å². The maximum atomic E-state index is 13.7. The Labute approximate surface area is 275 Å². The first-order valence-electron chi connectivity index (χ1n) is 16.0. The molecular weight excluding hydrogens is 645 g/mol. The molecule has 5 unspecified atom stereocenters. The Hall–Kier alpha value is -2.32. The standard InChI is InChI=1S/C32H40ClF3N4O5S/c1-17-13-23(29-28(37-17)25(16-46-29)31(42)43)22-14-19(33)3-6-27(22)44-12-11-40-18(2)38-26-5-4-20(15-24(26)30(40)41)39-9-7-21(8-10-39)45-32(34,35)36/h3,6,14,17,20-21,23,25,28-29,37H,4-5,7-13,15-16H2,1-2H3,(H,42,43)/t17?,20-,23?,25?,28?,29?/m0/s1. The average molecular weight is 685 g/mol. The molecule has 1 aromatic heterocycles. The third kappa shape index (κ3) is 7.23. The van der Waals surface area contributed by atoms with Crippen molar-refractivity contribution in [2.45, 2.75) is 101 Å². The minimum absolute atomic E-state index is 0.0567. The van der Waals surface area contributed by atoms with Gasteiger partial charge in [0, 0.05) is 58.7 Å². The van der Waals surface area contributed by atoms with Crippen molar-refractivity contribution in [3.8, 4) is 5.75 Å². The van der Waals surface area contributed by atoms with Gasteiger partial charge in [0.1, 0.15) is 18.2 Å². The van der Waals surface area contributed by atoms with Gasteiger partial charge >= 0.3 is 12.3 Å². The van der Waals surface area contributed by atoms with E-state index >= 15 is 0 Å². The minimum Gasteiger partial charge on any atom is -0.491 e. The van der Waals surface area contributed by atoms with E-state index in [1.165, 1.54) is 0 Å². The van der Waals surface area contributed by atoms with Gasteiger partial charge in [0.15, 0.2) is 0 Å².